The Balaban J connectivity index is 2.08. The summed E-state index contributed by atoms with van der Waals surface area (Å²) in [7, 11) is 7.30. The van der Waals surface area contributed by atoms with Crippen LogP contribution in [0.1, 0.15) is 17.0 Å². The Morgan fingerprint density at radius 2 is 1.35 bits per heavy atom. The highest BCUT2D eigenvalue weighted by atomic mass is 79.9. The van der Waals surface area contributed by atoms with Crippen LogP contribution >= 0.6 is 15.9 Å². The zero-order chi connectivity index (χ0) is 24.8. The van der Waals surface area contributed by atoms with Gasteiger partial charge in [-0.15, -0.1) is 0 Å². The lowest BCUT2D eigenvalue weighted by atomic mass is 9.83. The van der Waals surface area contributed by atoms with Gasteiger partial charge in [0.2, 0.25) is 0 Å². The van der Waals surface area contributed by atoms with Gasteiger partial charge in [-0.25, -0.2) is 9.59 Å². The summed E-state index contributed by atoms with van der Waals surface area (Å²) in [6.07, 6.45) is 3.36. The number of carbonyl (C=O) groups is 2. The first-order chi connectivity index (χ1) is 16.4. The van der Waals surface area contributed by atoms with Gasteiger partial charge >= 0.3 is 11.9 Å². The number of methoxy groups -OCH3 is 5. The molecule has 0 saturated carbocycles. The van der Waals surface area contributed by atoms with Gasteiger partial charge in [-0.1, -0.05) is 12.1 Å². The molecule has 1 aliphatic heterocycles. The number of esters is 2. The molecule has 8 nitrogen and oxygen atoms in total. The third kappa shape index (κ3) is 5.20. The maximum Gasteiger partial charge on any atom is 0.336 e. The molecular weight excluding hydrogens is 506 g/mol. The van der Waals surface area contributed by atoms with Crippen molar-refractivity contribution >= 4 is 27.9 Å². The molecule has 34 heavy (non-hydrogen) atoms. The van der Waals surface area contributed by atoms with E-state index in [-0.39, 0.29) is 0 Å². The van der Waals surface area contributed by atoms with E-state index in [2.05, 4.69) is 15.9 Å². The van der Waals surface area contributed by atoms with Crippen molar-refractivity contribution in [3.8, 4) is 17.2 Å². The predicted molar refractivity (Wildman–Crippen MR) is 129 cm³/mol. The Hall–Kier alpha value is -3.46. The molecule has 0 aromatic heterocycles. The molecule has 2 aromatic rings. The Morgan fingerprint density at radius 3 is 1.85 bits per heavy atom. The fraction of sp³-hybridized carbons (Fsp3) is 0.280. The number of halogens is 1. The maximum atomic E-state index is 12.8. The van der Waals surface area contributed by atoms with Crippen molar-refractivity contribution in [3.63, 3.8) is 0 Å². The molecule has 1 aliphatic rings. The van der Waals surface area contributed by atoms with Crippen molar-refractivity contribution in [2.24, 2.45) is 0 Å². The van der Waals surface area contributed by atoms with E-state index in [1.807, 2.05) is 12.1 Å². The largest absolute Gasteiger partial charge is 0.496 e. The molecule has 0 radical (unpaired) electrons. The summed E-state index contributed by atoms with van der Waals surface area (Å²) in [6.45, 7) is 0.361. The molecule has 0 atom stereocenters. The Labute approximate surface area is 206 Å². The van der Waals surface area contributed by atoms with Crippen LogP contribution in [0, 0.1) is 0 Å². The van der Waals surface area contributed by atoms with Gasteiger partial charge in [0.05, 0.1) is 57.1 Å². The van der Waals surface area contributed by atoms with Crippen LogP contribution in [0.25, 0.3) is 0 Å². The van der Waals surface area contributed by atoms with Crippen molar-refractivity contribution in [2.75, 3.05) is 35.5 Å². The highest BCUT2D eigenvalue weighted by molar-refractivity contribution is 9.10. The first kappa shape index (κ1) is 25.2. The standard InChI is InChI=1S/C25H26BrNO7/c1-30-20-9-7-16(11-19(20)26)23-17(24(28)33-4)13-27(14-18(23)25(29)34-5)12-15-6-8-21(31-2)22(10-15)32-3/h6-11,13-14,23H,12H2,1-5H3. The quantitative estimate of drug-likeness (QED) is 0.469. The van der Waals surface area contributed by atoms with Gasteiger partial charge in [0.15, 0.2) is 11.5 Å². The molecule has 0 amide bonds. The van der Waals surface area contributed by atoms with Gasteiger partial charge in [0.1, 0.15) is 5.75 Å². The maximum absolute atomic E-state index is 12.8. The lowest BCUT2D eigenvalue weighted by Crippen LogP contribution is -2.28. The molecule has 0 bridgehead atoms. The van der Waals surface area contributed by atoms with Crippen molar-refractivity contribution in [3.05, 3.63) is 75.5 Å². The van der Waals surface area contributed by atoms with Crippen molar-refractivity contribution in [1.29, 1.82) is 0 Å². The predicted octanol–water partition coefficient (Wildman–Crippen LogP) is 4.19. The molecule has 1 heterocycles. The summed E-state index contributed by atoms with van der Waals surface area (Å²) in [6, 6.07) is 10.9. The molecular formula is C25H26BrNO7. The lowest BCUT2D eigenvalue weighted by Gasteiger charge is -2.30. The molecule has 3 rings (SSSR count). The fourth-order valence-corrected chi connectivity index (χ4v) is 4.35. The van der Waals surface area contributed by atoms with E-state index in [0.717, 1.165) is 5.56 Å². The third-order valence-corrected chi connectivity index (χ3v) is 6.02. The summed E-state index contributed by atoms with van der Waals surface area (Å²) in [4.78, 5) is 27.4. The van der Waals surface area contributed by atoms with Crippen LogP contribution in [0.4, 0.5) is 0 Å². The van der Waals surface area contributed by atoms with Gasteiger partial charge < -0.3 is 28.6 Å². The van der Waals surface area contributed by atoms with Gasteiger partial charge in [-0.2, -0.15) is 0 Å². The molecule has 0 N–H and O–H groups in total. The first-order valence-corrected chi connectivity index (χ1v) is 11.1. The second-order valence-electron chi connectivity index (χ2n) is 7.34. The Bertz CT molecular complexity index is 1110. The zero-order valence-corrected chi connectivity index (χ0v) is 21.2. The minimum absolute atomic E-state index is 0.294. The topological polar surface area (TPSA) is 83.5 Å². The van der Waals surface area contributed by atoms with E-state index < -0.39 is 17.9 Å². The van der Waals surface area contributed by atoms with Crippen LogP contribution in [-0.4, -0.2) is 52.4 Å². The van der Waals surface area contributed by atoms with Gasteiger partial charge in [0.25, 0.3) is 0 Å². The number of hydrogen-bond acceptors (Lipinski definition) is 8. The highest BCUT2D eigenvalue weighted by Gasteiger charge is 2.35. The fourth-order valence-electron chi connectivity index (χ4n) is 3.79. The smallest absolute Gasteiger partial charge is 0.336 e. The van der Waals surface area contributed by atoms with Crippen LogP contribution in [0.5, 0.6) is 17.2 Å². The zero-order valence-electron chi connectivity index (χ0n) is 19.6. The molecule has 0 fully saturated rings. The van der Waals surface area contributed by atoms with E-state index in [1.165, 1.54) is 14.2 Å². The van der Waals surface area contributed by atoms with Crippen molar-refractivity contribution in [2.45, 2.75) is 12.5 Å². The summed E-state index contributed by atoms with van der Waals surface area (Å²) >= 11 is 3.47. The number of benzene rings is 2. The number of rotatable bonds is 8. The number of nitrogens with zero attached hydrogens (tertiary/aromatic N) is 1. The molecule has 2 aromatic carbocycles. The van der Waals surface area contributed by atoms with Gasteiger partial charge in [0, 0.05) is 18.9 Å². The Morgan fingerprint density at radius 1 is 0.794 bits per heavy atom. The normalized spacial score (nSPS) is 13.5. The Kier molecular flexibility index (Phi) is 8.22. The van der Waals surface area contributed by atoms with Crippen LogP contribution < -0.4 is 14.2 Å². The highest BCUT2D eigenvalue weighted by Crippen LogP contribution is 2.40. The molecule has 0 aliphatic carbocycles. The van der Waals surface area contributed by atoms with E-state index in [9.17, 15) is 9.59 Å². The second kappa shape index (κ2) is 11.1. The van der Waals surface area contributed by atoms with E-state index in [4.69, 9.17) is 23.7 Å². The van der Waals surface area contributed by atoms with Crippen molar-refractivity contribution in [1.82, 2.24) is 4.90 Å². The first-order valence-electron chi connectivity index (χ1n) is 10.3. The summed E-state index contributed by atoms with van der Waals surface area (Å²) in [5, 5.41) is 0. The molecule has 9 heteroatoms. The molecule has 0 unspecified atom stereocenters. The molecule has 180 valence electrons. The summed E-state index contributed by atoms with van der Waals surface area (Å²) in [5.74, 6) is 0.0111. The summed E-state index contributed by atoms with van der Waals surface area (Å²) in [5.41, 5.74) is 2.17. The minimum atomic E-state index is -0.691. The number of hydrogen-bond donors (Lipinski definition) is 0. The van der Waals surface area contributed by atoms with E-state index >= 15 is 0 Å². The van der Waals surface area contributed by atoms with Crippen LogP contribution in [0.15, 0.2) is 64.4 Å². The van der Waals surface area contributed by atoms with Crippen LogP contribution in [0.3, 0.4) is 0 Å². The van der Waals surface area contributed by atoms with Crippen LogP contribution in [-0.2, 0) is 25.6 Å². The SMILES string of the molecule is COC(=O)C1=CN(Cc2ccc(OC)c(OC)c2)C=C(C(=O)OC)C1c1ccc(OC)c(Br)c1. The molecule has 0 saturated heterocycles. The van der Waals surface area contributed by atoms with Crippen LogP contribution in [0.2, 0.25) is 0 Å². The molecule has 0 spiro atoms. The minimum Gasteiger partial charge on any atom is -0.496 e. The number of ether oxygens (including phenoxy) is 5. The average molecular weight is 532 g/mol. The van der Waals surface area contributed by atoms with E-state index in [1.54, 1.807) is 62.9 Å². The average Bonchev–Trinajstić information content (AvgIpc) is 2.86. The van der Waals surface area contributed by atoms with Gasteiger partial charge in [-0.05, 0) is 51.3 Å². The van der Waals surface area contributed by atoms with Gasteiger partial charge in [-0.3, -0.25) is 0 Å². The number of carbonyl (C=O) groups excluding carboxylic acids is 2. The summed E-state index contributed by atoms with van der Waals surface area (Å²) < 4.78 is 26.8. The lowest BCUT2D eigenvalue weighted by molar-refractivity contribution is -0.137. The second-order valence-corrected chi connectivity index (χ2v) is 8.20. The van der Waals surface area contributed by atoms with E-state index in [0.29, 0.717) is 45.0 Å². The third-order valence-electron chi connectivity index (χ3n) is 5.40. The monoisotopic (exact) mass is 531 g/mol. The van der Waals surface area contributed by atoms with Crippen molar-refractivity contribution < 1.29 is 33.3 Å².